The summed E-state index contributed by atoms with van der Waals surface area (Å²) in [6.07, 6.45) is 2.02. The Bertz CT molecular complexity index is 1140. The van der Waals surface area contributed by atoms with E-state index in [0.717, 1.165) is 16.9 Å². The van der Waals surface area contributed by atoms with Crippen molar-refractivity contribution in [3.8, 4) is 11.4 Å². The third kappa shape index (κ3) is 3.71. The van der Waals surface area contributed by atoms with Crippen molar-refractivity contribution in [3.63, 3.8) is 0 Å². The SMILES string of the molecule is Cc1ccc(-c2noc(C)c2Cn2ncc(N3CC4(CCC(F)CO4)C3)cc2=O)nn1. The molecule has 0 amide bonds. The first-order valence-electron chi connectivity index (χ1n) is 10.3. The van der Waals surface area contributed by atoms with Crippen molar-refractivity contribution in [1.82, 2.24) is 25.1 Å². The molecular weight excluding hydrogens is 403 g/mol. The van der Waals surface area contributed by atoms with Crippen molar-refractivity contribution >= 4 is 5.69 Å². The van der Waals surface area contributed by atoms with Crippen LogP contribution in [0.5, 0.6) is 0 Å². The van der Waals surface area contributed by atoms with Gasteiger partial charge in [-0.3, -0.25) is 4.79 Å². The molecule has 5 rings (SSSR count). The molecule has 0 aliphatic carbocycles. The molecule has 31 heavy (non-hydrogen) atoms. The summed E-state index contributed by atoms with van der Waals surface area (Å²) in [6, 6.07) is 5.23. The minimum absolute atomic E-state index is 0.152. The van der Waals surface area contributed by atoms with Gasteiger partial charge in [-0.25, -0.2) is 9.07 Å². The van der Waals surface area contributed by atoms with Crippen LogP contribution in [0.4, 0.5) is 10.1 Å². The summed E-state index contributed by atoms with van der Waals surface area (Å²) >= 11 is 0. The lowest BCUT2D eigenvalue weighted by Gasteiger charge is -2.52. The molecule has 1 unspecified atom stereocenters. The molecule has 1 spiro atoms. The third-order valence-corrected chi connectivity index (χ3v) is 5.99. The van der Waals surface area contributed by atoms with Crippen LogP contribution in [0.15, 0.2) is 33.7 Å². The average molecular weight is 426 g/mol. The van der Waals surface area contributed by atoms with E-state index in [9.17, 15) is 9.18 Å². The van der Waals surface area contributed by atoms with Gasteiger partial charge in [0.15, 0.2) is 0 Å². The number of aromatic nitrogens is 5. The molecule has 2 aliphatic rings. The topological polar surface area (TPSA) is 99.2 Å². The summed E-state index contributed by atoms with van der Waals surface area (Å²) in [5, 5.41) is 16.7. The first-order chi connectivity index (χ1) is 14.9. The van der Waals surface area contributed by atoms with E-state index < -0.39 is 6.17 Å². The zero-order valence-electron chi connectivity index (χ0n) is 17.4. The van der Waals surface area contributed by atoms with Crippen LogP contribution in [-0.4, -0.2) is 56.6 Å². The Morgan fingerprint density at radius 3 is 2.77 bits per heavy atom. The van der Waals surface area contributed by atoms with Crippen molar-refractivity contribution in [1.29, 1.82) is 0 Å². The second-order valence-electron chi connectivity index (χ2n) is 8.32. The molecule has 10 heteroatoms. The van der Waals surface area contributed by atoms with E-state index in [1.54, 1.807) is 19.2 Å². The minimum Gasteiger partial charge on any atom is -0.368 e. The zero-order valence-corrected chi connectivity index (χ0v) is 17.4. The van der Waals surface area contributed by atoms with Gasteiger partial charge in [-0.1, -0.05) is 5.16 Å². The number of hydrogen-bond acceptors (Lipinski definition) is 8. The Labute approximate surface area is 177 Å². The van der Waals surface area contributed by atoms with Crippen LogP contribution in [0.2, 0.25) is 0 Å². The maximum absolute atomic E-state index is 13.3. The molecule has 0 saturated carbocycles. The summed E-state index contributed by atoms with van der Waals surface area (Å²) in [4.78, 5) is 14.8. The molecule has 162 valence electrons. The van der Waals surface area contributed by atoms with Gasteiger partial charge in [-0.2, -0.15) is 10.2 Å². The summed E-state index contributed by atoms with van der Waals surface area (Å²) in [5.74, 6) is 0.598. The molecule has 3 aromatic heterocycles. The van der Waals surface area contributed by atoms with Gasteiger partial charge in [0.05, 0.1) is 30.7 Å². The van der Waals surface area contributed by atoms with Gasteiger partial charge in [-0.15, -0.1) is 5.10 Å². The van der Waals surface area contributed by atoms with Crippen molar-refractivity contribution < 1.29 is 13.7 Å². The van der Waals surface area contributed by atoms with Gasteiger partial charge in [-0.05, 0) is 38.8 Å². The smallest absolute Gasteiger partial charge is 0.269 e. The summed E-state index contributed by atoms with van der Waals surface area (Å²) < 4.78 is 25.8. The highest BCUT2D eigenvalue weighted by Crippen LogP contribution is 2.37. The van der Waals surface area contributed by atoms with Crippen molar-refractivity contribution in [2.24, 2.45) is 0 Å². The van der Waals surface area contributed by atoms with E-state index >= 15 is 0 Å². The largest absolute Gasteiger partial charge is 0.368 e. The summed E-state index contributed by atoms with van der Waals surface area (Å²) in [6.45, 7) is 5.30. The van der Waals surface area contributed by atoms with Crippen LogP contribution in [-0.2, 0) is 11.3 Å². The molecule has 0 radical (unpaired) electrons. The average Bonchev–Trinajstić information content (AvgIpc) is 3.09. The third-order valence-electron chi connectivity index (χ3n) is 5.99. The van der Waals surface area contributed by atoms with Crippen LogP contribution >= 0.6 is 0 Å². The molecule has 2 fully saturated rings. The lowest BCUT2D eigenvalue weighted by molar-refractivity contribution is -0.120. The molecule has 0 N–H and O–H groups in total. The highest BCUT2D eigenvalue weighted by Gasteiger charge is 2.47. The fourth-order valence-corrected chi connectivity index (χ4v) is 4.09. The normalized spacial score (nSPS) is 20.1. The van der Waals surface area contributed by atoms with Gasteiger partial charge in [0.1, 0.15) is 28.9 Å². The van der Waals surface area contributed by atoms with Crippen molar-refractivity contribution in [2.45, 2.75) is 45.0 Å². The maximum atomic E-state index is 13.3. The fourth-order valence-electron chi connectivity index (χ4n) is 4.09. The van der Waals surface area contributed by atoms with Crippen LogP contribution in [0.1, 0.15) is 29.9 Å². The quantitative estimate of drug-likeness (QED) is 0.625. The highest BCUT2D eigenvalue weighted by molar-refractivity contribution is 5.58. The Balaban J connectivity index is 1.33. The maximum Gasteiger partial charge on any atom is 0.269 e. The van der Waals surface area contributed by atoms with E-state index in [1.165, 1.54) is 4.68 Å². The standard InChI is InChI=1S/C21H23FN6O3/c1-13-3-4-18(25-24-13)20-17(14(2)31-26-20)9-28-19(29)7-16(8-23-28)27-11-21(12-27)6-5-15(22)10-30-21/h3-4,7-8,15H,5-6,9-12H2,1-2H3. The van der Waals surface area contributed by atoms with Crippen molar-refractivity contribution in [3.05, 3.63) is 51.8 Å². The first-order valence-corrected chi connectivity index (χ1v) is 10.3. The molecule has 1 atom stereocenters. The Hall–Kier alpha value is -3.14. The number of ether oxygens (including phenoxy) is 1. The predicted molar refractivity (Wildman–Crippen MR) is 110 cm³/mol. The van der Waals surface area contributed by atoms with Crippen LogP contribution in [0, 0.1) is 13.8 Å². The molecule has 0 aromatic carbocycles. The number of halogens is 1. The summed E-state index contributed by atoms with van der Waals surface area (Å²) in [7, 11) is 0. The molecule has 0 bridgehead atoms. The number of hydrogen-bond donors (Lipinski definition) is 0. The zero-order chi connectivity index (χ0) is 21.6. The monoisotopic (exact) mass is 426 g/mol. The number of rotatable bonds is 4. The van der Waals surface area contributed by atoms with E-state index in [-0.39, 0.29) is 24.3 Å². The number of alkyl halides is 1. The van der Waals surface area contributed by atoms with Crippen LogP contribution in [0.3, 0.4) is 0 Å². The number of aryl methyl sites for hydroxylation is 2. The van der Waals surface area contributed by atoms with Gasteiger partial charge >= 0.3 is 0 Å². The van der Waals surface area contributed by atoms with Crippen LogP contribution < -0.4 is 10.5 Å². The van der Waals surface area contributed by atoms with E-state index in [4.69, 9.17) is 9.26 Å². The van der Waals surface area contributed by atoms with Gasteiger partial charge in [0.25, 0.3) is 5.56 Å². The number of nitrogens with zero attached hydrogens (tertiary/aromatic N) is 6. The Kier molecular flexibility index (Phi) is 4.81. The van der Waals surface area contributed by atoms with E-state index in [0.29, 0.717) is 43.1 Å². The Morgan fingerprint density at radius 2 is 2.10 bits per heavy atom. The predicted octanol–water partition coefficient (Wildman–Crippen LogP) is 2.06. The minimum atomic E-state index is -0.873. The molecule has 2 saturated heterocycles. The lowest BCUT2D eigenvalue weighted by Crippen LogP contribution is -2.65. The van der Waals surface area contributed by atoms with Gasteiger partial charge in [0.2, 0.25) is 0 Å². The molecule has 9 nitrogen and oxygen atoms in total. The number of anilines is 1. The van der Waals surface area contributed by atoms with E-state index in [1.807, 2.05) is 24.0 Å². The molecule has 3 aromatic rings. The fraction of sp³-hybridized carbons (Fsp3) is 0.476. The highest BCUT2D eigenvalue weighted by atomic mass is 19.1. The van der Waals surface area contributed by atoms with Crippen molar-refractivity contribution in [2.75, 3.05) is 24.6 Å². The molecule has 2 aliphatic heterocycles. The van der Waals surface area contributed by atoms with Crippen LogP contribution in [0.25, 0.3) is 11.4 Å². The second kappa shape index (κ2) is 7.52. The summed E-state index contributed by atoms with van der Waals surface area (Å²) in [5.41, 5.74) is 2.89. The van der Waals surface area contributed by atoms with E-state index in [2.05, 4.69) is 20.5 Å². The molecule has 5 heterocycles. The van der Waals surface area contributed by atoms with Gasteiger partial charge < -0.3 is 14.2 Å². The first kappa shape index (κ1) is 19.8. The second-order valence-corrected chi connectivity index (χ2v) is 8.32. The molecular formula is C21H23FN6O3. The Morgan fingerprint density at radius 1 is 1.26 bits per heavy atom. The van der Waals surface area contributed by atoms with Gasteiger partial charge in [0, 0.05) is 24.7 Å². The lowest BCUT2D eigenvalue weighted by atomic mass is 9.85.